The Morgan fingerprint density at radius 1 is 1.28 bits per heavy atom. The summed E-state index contributed by atoms with van der Waals surface area (Å²) >= 11 is 0. The van der Waals surface area contributed by atoms with Gasteiger partial charge in [-0.3, -0.25) is 14.4 Å². The summed E-state index contributed by atoms with van der Waals surface area (Å²) in [5.74, 6) is 0.564. The number of alkyl halides is 3. The fraction of sp³-hybridized carbons (Fsp3) is 0.600. The molecule has 2 aliphatic rings. The van der Waals surface area contributed by atoms with E-state index in [0.29, 0.717) is 25.3 Å². The molecule has 0 N–H and O–H groups in total. The van der Waals surface area contributed by atoms with Crippen LogP contribution in [0, 0.1) is 5.92 Å². The highest BCUT2D eigenvalue weighted by Gasteiger charge is 2.38. The second-order valence-corrected chi connectivity index (χ2v) is 7.99. The number of piperazine rings is 1. The maximum Gasteiger partial charge on any atom is 0.435 e. The minimum absolute atomic E-state index is 0.0338. The Bertz CT molecular complexity index is 835. The molecule has 6 nitrogen and oxygen atoms in total. The molecule has 0 bridgehead atoms. The molecule has 0 radical (unpaired) electrons. The average molecular weight is 410 g/mol. The Labute approximate surface area is 167 Å². The van der Waals surface area contributed by atoms with Gasteiger partial charge >= 0.3 is 6.18 Å². The van der Waals surface area contributed by atoms with Crippen LogP contribution in [0.4, 0.5) is 13.2 Å². The maximum absolute atomic E-state index is 13.1. The number of aromatic nitrogens is 2. The van der Waals surface area contributed by atoms with E-state index in [1.54, 1.807) is 18.1 Å². The molecule has 9 heteroatoms. The summed E-state index contributed by atoms with van der Waals surface area (Å²) in [6.45, 7) is 5.34. The van der Waals surface area contributed by atoms with Crippen molar-refractivity contribution in [2.24, 2.45) is 5.92 Å². The summed E-state index contributed by atoms with van der Waals surface area (Å²) in [6.07, 6.45) is -1.06. The molecule has 1 aliphatic carbocycles. The topological polar surface area (TPSA) is 54.5 Å². The Kier molecular flexibility index (Phi) is 5.42. The zero-order valence-corrected chi connectivity index (χ0v) is 16.4. The van der Waals surface area contributed by atoms with Gasteiger partial charge < -0.3 is 9.32 Å². The van der Waals surface area contributed by atoms with E-state index in [4.69, 9.17) is 4.42 Å². The van der Waals surface area contributed by atoms with Gasteiger partial charge in [0.05, 0.1) is 25.3 Å². The van der Waals surface area contributed by atoms with Crippen LogP contribution in [-0.2, 0) is 24.1 Å². The number of carbonyl (C=O) groups excluding carboxylic acids is 1. The van der Waals surface area contributed by atoms with Crippen molar-refractivity contribution < 1.29 is 22.4 Å². The van der Waals surface area contributed by atoms with Crippen molar-refractivity contribution in [1.29, 1.82) is 0 Å². The lowest BCUT2D eigenvalue weighted by atomic mass is 10.1. The molecule has 1 saturated heterocycles. The van der Waals surface area contributed by atoms with Gasteiger partial charge in [0.15, 0.2) is 5.69 Å². The normalized spacial score (nSPS) is 19.5. The lowest BCUT2D eigenvalue weighted by Gasteiger charge is -2.35. The first kappa shape index (κ1) is 20.0. The predicted molar refractivity (Wildman–Crippen MR) is 98.9 cm³/mol. The van der Waals surface area contributed by atoms with E-state index in [-0.39, 0.29) is 18.4 Å². The van der Waals surface area contributed by atoms with Gasteiger partial charge in [-0.1, -0.05) is 6.92 Å². The van der Waals surface area contributed by atoms with Gasteiger partial charge in [0.2, 0.25) is 5.91 Å². The van der Waals surface area contributed by atoms with Gasteiger partial charge in [-0.2, -0.15) is 18.3 Å². The van der Waals surface area contributed by atoms with Crippen molar-refractivity contribution in [3.05, 3.63) is 41.6 Å². The highest BCUT2D eigenvalue weighted by molar-refractivity contribution is 5.78. The third kappa shape index (κ3) is 4.66. The largest absolute Gasteiger partial charge is 0.468 e. The van der Waals surface area contributed by atoms with Crippen LogP contribution in [0.3, 0.4) is 0 Å². The van der Waals surface area contributed by atoms with Crippen LogP contribution in [0.25, 0.3) is 0 Å². The van der Waals surface area contributed by atoms with Crippen molar-refractivity contribution in [3.8, 4) is 0 Å². The van der Waals surface area contributed by atoms with Gasteiger partial charge in [-0.05, 0) is 31.0 Å². The minimum atomic E-state index is -4.47. The number of carbonyl (C=O) groups is 1. The van der Waals surface area contributed by atoms with Gasteiger partial charge in [-0.15, -0.1) is 0 Å². The van der Waals surface area contributed by atoms with E-state index in [2.05, 4.69) is 10.00 Å². The molecule has 4 rings (SSSR count). The molecule has 0 aromatic carbocycles. The first-order chi connectivity index (χ1) is 13.8. The Hall–Kier alpha value is -2.29. The van der Waals surface area contributed by atoms with Crippen molar-refractivity contribution in [3.63, 3.8) is 0 Å². The van der Waals surface area contributed by atoms with Crippen molar-refractivity contribution in [2.45, 2.75) is 44.9 Å². The van der Waals surface area contributed by atoms with Crippen LogP contribution in [0.5, 0.6) is 0 Å². The summed E-state index contributed by atoms with van der Waals surface area (Å²) in [7, 11) is 0. The lowest BCUT2D eigenvalue weighted by Crippen LogP contribution is -2.50. The van der Waals surface area contributed by atoms with Gasteiger partial charge in [0, 0.05) is 37.8 Å². The molecule has 1 aliphatic heterocycles. The van der Waals surface area contributed by atoms with Crippen LogP contribution in [0.1, 0.15) is 42.8 Å². The summed E-state index contributed by atoms with van der Waals surface area (Å²) < 4.78 is 45.9. The van der Waals surface area contributed by atoms with Gasteiger partial charge in [-0.25, -0.2) is 0 Å². The second-order valence-electron chi connectivity index (χ2n) is 7.99. The summed E-state index contributed by atoms with van der Waals surface area (Å²) in [5.41, 5.74) is -0.272. The van der Waals surface area contributed by atoms with Gasteiger partial charge in [0.25, 0.3) is 0 Å². The number of hydrogen-bond acceptors (Lipinski definition) is 4. The average Bonchev–Trinajstić information content (AvgIpc) is 3.21. The Balaban J connectivity index is 1.35. The molecule has 158 valence electrons. The molecular weight excluding hydrogens is 385 g/mol. The lowest BCUT2D eigenvalue weighted by molar-refractivity contribution is -0.141. The highest BCUT2D eigenvalue weighted by atomic mass is 19.4. The Morgan fingerprint density at radius 2 is 2.00 bits per heavy atom. The fourth-order valence-corrected chi connectivity index (χ4v) is 3.82. The third-order valence-corrected chi connectivity index (χ3v) is 5.61. The Morgan fingerprint density at radius 3 is 2.59 bits per heavy atom. The number of furan rings is 1. The monoisotopic (exact) mass is 410 g/mol. The summed E-state index contributed by atoms with van der Waals surface area (Å²) in [4.78, 5) is 16.9. The first-order valence-corrected chi connectivity index (χ1v) is 9.99. The van der Waals surface area contributed by atoms with Crippen LogP contribution in [-0.4, -0.2) is 51.7 Å². The number of amides is 1. The minimum Gasteiger partial charge on any atom is -0.468 e. The van der Waals surface area contributed by atoms with E-state index >= 15 is 0 Å². The standard InChI is InChI=1S/C20H25F3N4O2/c1-14(12-27-17(15-4-5-15)11-18(24-27)20(21,22)23)19(28)26-8-6-25(7-9-26)13-16-3-2-10-29-16/h2-3,10-11,14-15H,4-9,12-13H2,1H3. The predicted octanol–water partition coefficient (Wildman–Crippen LogP) is 3.35. The molecule has 1 amide bonds. The first-order valence-electron chi connectivity index (χ1n) is 9.99. The number of hydrogen-bond donors (Lipinski definition) is 0. The maximum atomic E-state index is 13.1. The molecule has 1 atom stereocenters. The summed E-state index contributed by atoms with van der Waals surface area (Å²) in [5, 5.41) is 3.77. The van der Waals surface area contributed by atoms with E-state index in [9.17, 15) is 18.0 Å². The molecule has 29 heavy (non-hydrogen) atoms. The van der Waals surface area contributed by atoms with Crippen molar-refractivity contribution >= 4 is 5.91 Å². The molecular formula is C20H25F3N4O2. The van der Waals surface area contributed by atoms with E-state index in [1.807, 2.05) is 12.1 Å². The van der Waals surface area contributed by atoms with Gasteiger partial charge in [0.1, 0.15) is 5.76 Å². The fourth-order valence-electron chi connectivity index (χ4n) is 3.82. The zero-order chi connectivity index (χ0) is 20.6. The second kappa shape index (κ2) is 7.85. The SMILES string of the molecule is CC(Cn1nc(C(F)(F)F)cc1C1CC1)C(=O)N1CCN(Cc2ccco2)CC1. The molecule has 2 fully saturated rings. The van der Waals surface area contributed by atoms with Crippen LogP contribution >= 0.6 is 0 Å². The highest BCUT2D eigenvalue weighted by Crippen LogP contribution is 2.42. The number of halogens is 3. The quantitative estimate of drug-likeness (QED) is 0.733. The molecule has 3 heterocycles. The van der Waals surface area contributed by atoms with E-state index in [1.165, 1.54) is 4.68 Å². The van der Waals surface area contributed by atoms with E-state index < -0.39 is 17.8 Å². The van der Waals surface area contributed by atoms with E-state index in [0.717, 1.165) is 37.8 Å². The number of nitrogens with zero attached hydrogens (tertiary/aromatic N) is 4. The molecule has 0 spiro atoms. The molecule has 2 aromatic rings. The summed E-state index contributed by atoms with van der Waals surface area (Å²) in [6, 6.07) is 4.92. The smallest absolute Gasteiger partial charge is 0.435 e. The van der Waals surface area contributed by atoms with Crippen molar-refractivity contribution in [2.75, 3.05) is 26.2 Å². The van der Waals surface area contributed by atoms with Crippen LogP contribution < -0.4 is 0 Å². The molecule has 1 saturated carbocycles. The van der Waals surface area contributed by atoms with Crippen molar-refractivity contribution in [1.82, 2.24) is 19.6 Å². The molecule has 2 aromatic heterocycles. The zero-order valence-electron chi connectivity index (χ0n) is 16.4. The molecule has 1 unspecified atom stereocenters. The van der Waals surface area contributed by atoms with Crippen LogP contribution in [0.15, 0.2) is 28.9 Å². The van der Waals surface area contributed by atoms with Crippen LogP contribution in [0.2, 0.25) is 0 Å². The third-order valence-electron chi connectivity index (χ3n) is 5.61. The number of rotatable bonds is 6.